The molecule has 2 heterocycles. The summed E-state index contributed by atoms with van der Waals surface area (Å²) in [5.41, 5.74) is 4.96. The second kappa shape index (κ2) is 8.85. The van der Waals surface area contributed by atoms with E-state index in [0.717, 1.165) is 16.9 Å². The maximum Gasteiger partial charge on any atom is 0.262 e. The third-order valence-electron chi connectivity index (χ3n) is 5.73. The molecule has 158 valence electrons. The molecule has 5 rings (SSSR count). The first-order valence-corrected chi connectivity index (χ1v) is 11.6. The van der Waals surface area contributed by atoms with Crippen molar-refractivity contribution in [2.45, 2.75) is 19.6 Å². The number of rotatable bonds is 5. The third kappa shape index (κ3) is 3.97. The first-order chi connectivity index (χ1) is 15.7. The SMILES string of the molecule is Cc1ccc(N2C(=O)c3ccccc3N(Cc3ccccc3)C2/C=C/c2cccs2)cc1. The molecule has 0 aliphatic carbocycles. The summed E-state index contributed by atoms with van der Waals surface area (Å²) in [6, 6.07) is 30.7. The highest BCUT2D eigenvalue weighted by molar-refractivity contribution is 7.10. The molecule has 1 unspecified atom stereocenters. The molecular weight excluding hydrogens is 412 g/mol. The van der Waals surface area contributed by atoms with E-state index in [-0.39, 0.29) is 12.1 Å². The number of amides is 1. The van der Waals surface area contributed by atoms with Gasteiger partial charge in [0.1, 0.15) is 6.17 Å². The van der Waals surface area contributed by atoms with Crippen molar-refractivity contribution in [2.75, 3.05) is 9.80 Å². The molecule has 3 nitrogen and oxygen atoms in total. The van der Waals surface area contributed by atoms with Crippen molar-refractivity contribution in [1.82, 2.24) is 0 Å². The molecule has 1 aliphatic heterocycles. The van der Waals surface area contributed by atoms with E-state index in [4.69, 9.17) is 0 Å². The van der Waals surface area contributed by atoms with E-state index in [1.807, 2.05) is 47.4 Å². The predicted molar refractivity (Wildman–Crippen MR) is 134 cm³/mol. The number of anilines is 2. The van der Waals surface area contributed by atoms with Gasteiger partial charge in [-0.15, -0.1) is 11.3 Å². The fourth-order valence-electron chi connectivity index (χ4n) is 4.13. The van der Waals surface area contributed by atoms with Gasteiger partial charge in [0.15, 0.2) is 0 Å². The first kappa shape index (κ1) is 20.3. The average Bonchev–Trinajstić information content (AvgIpc) is 3.35. The van der Waals surface area contributed by atoms with Crippen LogP contribution < -0.4 is 9.80 Å². The van der Waals surface area contributed by atoms with Crippen LogP contribution in [0, 0.1) is 6.92 Å². The Bertz CT molecular complexity index is 1230. The predicted octanol–water partition coefficient (Wildman–Crippen LogP) is 6.76. The number of para-hydroxylation sites is 1. The van der Waals surface area contributed by atoms with E-state index < -0.39 is 0 Å². The molecule has 0 radical (unpaired) electrons. The minimum Gasteiger partial charge on any atom is -0.342 e. The summed E-state index contributed by atoms with van der Waals surface area (Å²) in [4.78, 5) is 19.1. The van der Waals surface area contributed by atoms with E-state index in [9.17, 15) is 4.79 Å². The zero-order chi connectivity index (χ0) is 21.9. The molecule has 32 heavy (non-hydrogen) atoms. The number of thiophene rings is 1. The lowest BCUT2D eigenvalue weighted by Crippen LogP contribution is -2.54. The zero-order valence-electron chi connectivity index (χ0n) is 17.9. The summed E-state index contributed by atoms with van der Waals surface area (Å²) in [5, 5.41) is 2.07. The molecule has 4 heteroatoms. The van der Waals surface area contributed by atoms with Gasteiger partial charge in [0.05, 0.1) is 11.3 Å². The molecule has 0 spiro atoms. The summed E-state index contributed by atoms with van der Waals surface area (Å²) in [7, 11) is 0. The Balaban J connectivity index is 1.65. The molecule has 0 saturated heterocycles. The topological polar surface area (TPSA) is 23.6 Å². The van der Waals surface area contributed by atoms with Crippen LogP contribution in [0.5, 0.6) is 0 Å². The second-order valence-corrected chi connectivity index (χ2v) is 8.91. The molecule has 3 aromatic carbocycles. The van der Waals surface area contributed by atoms with Gasteiger partial charge in [0, 0.05) is 17.1 Å². The van der Waals surface area contributed by atoms with E-state index in [1.54, 1.807) is 11.3 Å². The summed E-state index contributed by atoms with van der Waals surface area (Å²) >= 11 is 1.69. The van der Waals surface area contributed by atoms with Crippen LogP contribution in [0.1, 0.15) is 26.4 Å². The molecule has 1 aromatic heterocycles. The number of hydrogen-bond acceptors (Lipinski definition) is 3. The number of fused-ring (bicyclic) bond motifs is 1. The molecule has 4 aromatic rings. The van der Waals surface area contributed by atoms with E-state index >= 15 is 0 Å². The Morgan fingerprint density at radius 2 is 1.62 bits per heavy atom. The normalized spacial score (nSPS) is 15.9. The van der Waals surface area contributed by atoms with Gasteiger partial charge in [0.2, 0.25) is 0 Å². The van der Waals surface area contributed by atoms with Gasteiger partial charge in [-0.05, 0) is 60.4 Å². The number of hydrogen-bond donors (Lipinski definition) is 0. The van der Waals surface area contributed by atoms with E-state index in [0.29, 0.717) is 6.54 Å². The van der Waals surface area contributed by atoms with Gasteiger partial charge in [-0.2, -0.15) is 0 Å². The van der Waals surface area contributed by atoms with Crippen molar-refractivity contribution in [2.24, 2.45) is 0 Å². The van der Waals surface area contributed by atoms with Gasteiger partial charge < -0.3 is 4.90 Å². The van der Waals surface area contributed by atoms with Crippen LogP contribution in [-0.4, -0.2) is 12.1 Å². The van der Waals surface area contributed by atoms with E-state index in [1.165, 1.54) is 16.0 Å². The highest BCUT2D eigenvalue weighted by Crippen LogP contribution is 2.36. The van der Waals surface area contributed by atoms with Crippen molar-refractivity contribution in [3.63, 3.8) is 0 Å². The zero-order valence-corrected chi connectivity index (χ0v) is 18.7. The molecule has 0 saturated carbocycles. The van der Waals surface area contributed by atoms with Gasteiger partial charge in [-0.25, -0.2) is 0 Å². The number of carbonyl (C=O) groups is 1. The van der Waals surface area contributed by atoms with Crippen LogP contribution >= 0.6 is 11.3 Å². The van der Waals surface area contributed by atoms with Crippen LogP contribution in [0.25, 0.3) is 6.08 Å². The molecule has 1 amide bonds. The average molecular weight is 437 g/mol. The molecule has 0 N–H and O–H groups in total. The lowest BCUT2D eigenvalue weighted by molar-refractivity contribution is 0.0974. The maximum absolute atomic E-state index is 13.7. The van der Waals surface area contributed by atoms with Gasteiger partial charge in [-0.3, -0.25) is 9.69 Å². The minimum absolute atomic E-state index is 0.0228. The fraction of sp³-hybridized carbons (Fsp3) is 0.107. The smallest absolute Gasteiger partial charge is 0.262 e. The Labute approximate surface area is 192 Å². The quantitative estimate of drug-likeness (QED) is 0.345. The highest BCUT2D eigenvalue weighted by Gasteiger charge is 2.37. The molecule has 0 fully saturated rings. The minimum atomic E-state index is -0.248. The third-order valence-corrected chi connectivity index (χ3v) is 6.57. The van der Waals surface area contributed by atoms with E-state index in [2.05, 4.69) is 77.9 Å². The van der Waals surface area contributed by atoms with Gasteiger partial charge >= 0.3 is 0 Å². The Morgan fingerprint density at radius 1 is 0.875 bits per heavy atom. The van der Waals surface area contributed by atoms with Crippen LogP contribution in [0.4, 0.5) is 11.4 Å². The van der Waals surface area contributed by atoms with Crippen molar-refractivity contribution >= 4 is 34.7 Å². The Morgan fingerprint density at radius 3 is 2.38 bits per heavy atom. The number of nitrogens with zero attached hydrogens (tertiary/aromatic N) is 2. The van der Waals surface area contributed by atoms with Crippen LogP contribution in [-0.2, 0) is 6.54 Å². The number of carbonyl (C=O) groups excluding carboxylic acids is 1. The maximum atomic E-state index is 13.7. The summed E-state index contributed by atoms with van der Waals surface area (Å²) in [6.07, 6.45) is 4.01. The Hall–Kier alpha value is -3.63. The first-order valence-electron chi connectivity index (χ1n) is 10.7. The summed E-state index contributed by atoms with van der Waals surface area (Å²) < 4.78 is 0. The summed E-state index contributed by atoms with van der Waals surface area (Å²) in [6.45, 7) is 2.76. The lowest BCUT2D eigenvalue weighted by atomic mass is 10.0. The van der Waals surface area contributed by atoms with Crippen molar-refractivity contribution in [1.29, 1.82) is 0 Å². The second-order valence-electron chi connectivity index (χ2n) is 7.93. The molecule has 1 atom stereocenters. The summed E-state index contributed by atoms with van der Waals surface area (Å²) in [5.74, 6) is 0.0228. The number of aryl methyl sites for hydroxylation is 1. The van der Waals surface area contributed by atoms with Crippen LogP contribution in [0.2, 0.25) is 0 Å². The monoisotopic (exact) mass is 436 g/mol. The van der Waals surface area contributed by atoms with Crippen molar-refractivity contribution < 1.29 is 4.79 Å². The lowest BCUT2D eigenvalue weighted by Gasteiger charge is -2.44. The van der Waals surface area contributed by atoms with Gasteiger partial charge in [0.25, 0.3) is 5.91 Å². The molecule has 0 bridgehead atoms. The number of benzene rings is 3. The molecule has 1 aliphatic rings. The standard InChI is InChI=1S/C28H24N2OS/c1-21-13-15-23(16-14-21)30-27(18-17-24-10-7-19-32-24)29(20-22-8-3-2-4-9-22)26-12-6-5-11-25(26)28(30)31/h2-19,27H,20H2,1H3/b18-17+. The highest BCUT2D eigenvalue weighted by atomic mass is 32.1. The van der Waals surface area contributed by atoms with Gasteiger partial charge in [-0.1, -0.05) is 66.2 Å². The van der Waals surface area contributed by atoms with Crippen molar-refractivity contribution in [3.8, 4) is 0 Å². The largest absolute Gasteiger partial charge is 0.342 e. The van der Waals surface area contributed by atoms with Crippen LogP contribution in [0.15, 0.2) is 102 Å². The van der Waals surface area contributed by atoms with Crippen molar-refractivity contribution in [3.05, 3.63) is 124 Å². The fourth-order valence-corrected chi connectivity index (χ4v) is 4.76. The Kier molecular flexibility index (Phi) is 5.61. The van der Waals surface area contributed by atoms with Crippen LogP contribution in [0.3, 0.4) is 0 Å². The molecular formula is C28H24N2OS.